The molecule has 1 N–H and O–H groups in total. The van der Waals surface area contributed by atoms with E-state index >= 15 is 0 Å². The van der Waals surface area contributed by atoms with E-state index in [0.29, 0.717) is 0 Å². The van der Waals surface area contributed by atoms with E-state index < -0.39 is 0 Å². The zero-order valence-corrected chi connectivity index (χ0v) is 11.1. The van der Waals surface area contributed by atoms with Crippen LogP contribution in [0.15, 0.2) is 18.5 Å². The van der Waals surface area contributed by atoms with Crippen molar-refractivity contribution in [2.75, 3.05) is 25.5 Å². The minimum absolute atomic E-state index is 0.122. The zero-order valence-electron chi connectivity index (χ0n) is 11.1. The van der Waals surface area contributed by atoms with Gasteiger partial charge in [-0.05, 0) is 24.8 Å². The summed E-state index contributed by atoms with van der Waals surface area (Å²) in [5, 5.41) is 3.03. The maximum atomic E-state index is 12.4. The van der Waals surface area contributed by atoms with Crippen molar-refractivity contribution in [3.63, 3.8) is 0 Å². The van der Waals surface area contributed by atoms with Gasteiger partial charge in [0, 0.05) is 26.3 Å². The average Bonchev–Trinajstić information content (AvgIpc) is 2.46. The van der Waals surface area contributed by atoms with Crippen molar-refractivity contribution >= 4 is 11.6 Å². The first-order valence-electron chi connectivity index (χ1n) is 6.67. The number of piperidine rings is 1. The lowest BCUT2D eigenvalue weighted by molar-refractivity contribution is 0.0689. The molecule has 1 saturated heterocycles. The minimum Gasteiger partial charge on any atom is -0.386 e. The van der Waals surface area contributed by atoms with Gasteiger partial charge in [0.2, 0.25) is 0 Å². The molecule has 0 bridgehead atoms. The van der Waals surface area contributed by atoms with Crippen LogP contribution in [-0.2, 0) is 0 Å². The number of carbonyl (C=O) groups is 1. The number of pyridine rings is 1. The number of amides is 1. The number of likely N-dealkylation sites (tertiary alicyclic amines) is 1. The summed E-state index contributed by atoms with van der Waals surface area (Å²) in [6.07, 6.45) is 6.85. The molecule has 1 amide bonds. The maximum absolute atomic E-state index is 12.4. The van der Waals surface area contributed by atoms with Gasteiger partial charge in [-0.2, -0.15) is 0 Å². The molecule has 1 aromatic heterocycles. The molecule has 2 heterocycles. The topological polar surface area (TPSA) is 45.2 Å². The fourth-order valence-electron chi connectivity index (χ4n) is 2.49. The van der Waals surface area contributed by atoms with Crippen molar-refractivity contribution < 1.29 is 4.79 Å². The Kier molecular flexibility index (Phi) is 4.18. The van der Waals surface area contributed by atoms with E-state index in [-0.39, 0.29) is 5.91 Å². The first-order valence-corrected chi connectivity index (χ1v) is 6.67. The third-order valence-electron chi connectivity index (χ3n) is 3.80. The van der Waals surface area contributed by atoms with E-state index in [1.54, 1.807) is 18.5 Å². The second kappa shape index (κ2) is 5.85. The van der Waals surface area contributed by atoms with Crippen LogP contribution in [0, 0.1) is 5.92 Å². The Balaban J connectivity index is 2.08. The largest absolute Gasteiger partial charge is 0.386 e. The van der Waals surface area contributed by atoms with Crippen LogP contribution >= 0.6 is 0 Å². The van der Waals surface area contributed by atoms with Crippen LogP contribution < -0.4 is 5.32 Å². The van der Waals surface area contributed by atoms with Crippen molar-refractivity contribution in [3.05, 3.63) is 24.0 Å². The van der Waals surface area contributed by atoms with E-state index in [1.165, 1.54) is 6.42 Å². The molecule has 0 unspecified atom stereocenters. The number of carbonyl (C=O) groups excluding carboxylic acids is 1. The molecule has 1 aromatic rings. The molecule has 0 saturated carbocycles. The molecular formula is C14H21N3O. The molecule has 0 atom stereocenters. The lowest BCUT2D eigenvalue weighted by Gasteiger charge is -2.31. The van der Waals surface area contributed by atoms with Crippen molar-refractivity contribution in [1.29, 1.82) is 0 Å². The third kappa shape index (κ3) is 2.63. The first kappa shape index (κ1) is 12.9. The summed E-state index contributed by atoms with van der Waals surface area (Å²) < 4.78 is 0. The number of aromatic nitrogens is 1. The summed E-state index contributed by atoms with van der Waals surface area (Å²) in [4.78, 5) is 18.4. The number of hydrogen-bond acceptors (Lipinski definition) is 3. The molecular weight excluding hydrogens is 226 g/mol. The summed E-state index contributed by atoms with van der Waals surface area (Å²) in [7, 11) is 1.82. The monoisotopic (exact) mass is 247 g/mol. The van der Waals surface area contributed by atoms with Crippen LogP contribution in [0.5, 0.6) is 0 Å². The van der Waals surface area contributed by atoms with Gasteiger partial charge in [0.05, 0.1) is 17.4 Å². The number of anilines is 1. The molecule has 4 heteroatoms. The lowest BCUT2D eigenvalue weighted by Crippen LogP contribution is -2.38. The Morgan fingerprint density at radius 2 is 2.22 bits per heavy atom. The predicted octanol–water partition coefficient (Wildman–Crippen LogP) is 2.39. The zero-order chi connectivity index (χ0) is 13.0. The highest BCUT2D eigenvalue weighted by Crippen LogP contribution is 2.23. The Labute approximate surface area is 108 Å². The fourth-order valence-corrected chi connectivity index (χ4v) is 2.49. The Morgan fingerprint density at radius 3 is 2.83 bits per heavy atom. The van der Waals surface area contributed by atoms with Gasteiger partial charge in [0.1, 0.15) is 0 Å². The van der Waals surface area contributed by atoms with Crippen LogP contribution in [-0.4, -0.2) is 35.9 Å². The van der Waals surface area contributed by atoms with Gasteiger partial charge < -0.3 is 10.2 Å². The Bertz CT molecular complexity index is 411. The van der Waals surface area contributed by atoms with E-state index in [1.807, 2.05) is 11.9 Å². The van der Waals surface area contributed by atoms with Gasteiger partial charge in [0.15, 0.2) is 0 Å². The molecule has 98 valence electrons. The minimum atomic E-state index is 0.122. The number of nitrogens with zero attached hydrogens (tertiary/aromatic N) is 2. The predicted molar refractivity (Wildman–Crippen MR) is 72.7 cm³/mol. The van der Waals surface area contributed by atoms with Gasteiger partial charge >= 0.3 is 0 Å². The second-order valence-corrected chi connectivity index (χ2v) is 4.82. The SMILES string of the molecule is CCC1CCN(C(=O)c2ccncc2NC)CC1. The van der Waals surface area contributed by atoms with E-state index in [4.69, 9.17) is 0 Å². The quantitative estimate of drug-likeness (QED) is 0.892. The molecule has 1 aliphatic rings. The summed E-state index contributed by atoms with van der Waals surface area (Å²) in [5.74, 6) is 0.909. The van der Waals surface area contributed by atoms with Gasteiger partial charge in [0.25, 0.3) is 5.91 Å². The normalized spacial score (nSPS) is 16.7. The summed E-state index contributed by atoms with van der Waals surface area (Å²) in [6, 6.07) is 1.79. The van der Waals surface area contributed by atoms with Gasteiger partial charge in [-0.25, -0.2) is 0 Å². The molecule has 2 rings (SSSR count). The summed E-state index contributed by atoms with van der Waals surface area (Å²) in [5.41, 5.74) is 1.53. The lowest BCUT2D eigenvalue weighted by atomic mass is 9.94. The van der Waals surface area contributed by atoms with Crippen LogP contribution in [0.4, 0.5) is 5.69 Å². The molecule has 0 radical (unpaired) electrons. The van der Waals surface area contributed by atoms with Gasteiger partial charge in [-0.1, -0.05) is 13.3 Å². The van der Waals surface area contributed by atoms with Gasteiger partial charge in [-0.3, -0.25) is 9.78 Å². The third-order valence-corrected chi connectivity index (χ3v) is 3.80. The highest BCUT2D eigenvalue weighted by Gasteiger charge is 2.23. The average molecular weight is 247 g/mol. The van der Waals surface area contributed by atoms with Crippen LogP contribution in [0.25, 0.3) is 0 Å². The number of rotatable bonds is 3. The van der Waals surface area contributed by atoms with E-state index in [2.05, 4.69) is 17.2 Å². The molecule has 0 aromatic carbocycles. The van der Waals surface area contributed by atoms with Crippen LogP contribution in [0.3, 0.4) is 0 Å². The first-order chi connectivity index (χ1) is 8.76. The molecule has 1 fully saturated rings. The van der Waals surface area contributed by atoms with Crippen LogP contribution in [0.1, 0.15) is 36.5 Å². The second-order valence-electron chi connectivity index (χ2n) is 4.82. The van der Waals surface area contributed by atoms with Crippen LogP contribution in [0.2, 0.25) is 0 Å². The Morgan fingerprint density at radius 1 is 1.50 bits per heavy atom. The number of hydrogen-bond donors (Lipinski definition) is 1. The highest BCUT2D eigenvalue weighted by molar-refractivity contribution is 5.99. The molecule has 4 nitrogen and oxygen atoms in total. The van der Waals surface area contributed by atoms with Crippen molar-refractivity contribution in [3.8, 4) is 0 Å². The van der Waals surface area contributed by atoms with E-state index in [0.717, 1.165) is 43.1 Å². The molecule has 18 heavy (non-hydrogen) atoms. The van der Waals surface area contributed by atoms with Gasteiger partial charge in [-0.15, -0.1) is 0 Å². The highest BCUT2D eigenvalue weighted by atomic mass is 16.2. The standard InChI is InChI=1S/C14H21N3O/c1-3-11-5-8-17(9-6-11)14(18)12-4-7-16-10-13(12)15-2/h4,7,10-11,15H,3,5-6,8-9H2,1-2H3. The Hall–Kier alpha value is -1.58. The number of nitrogens with one attached hydrogen (secondary N) is 1. The maximum Gasteiger partial charge on any atom is 0.256 e. The van der Waals surface area contributed by atoms with Crippen molar-refractivity contribution in [2.45, 2.75) is 26.2 Å². The van der Waals surface area contributed by atoms with E-state index in [9.17, 15) is 4.79 Å². The van der Waals surface area contributed by atoms with Crippen molar-refractivity contribution in [2.24, 2.45) is 5.92 Å². The smallest absolute Gasteiger partial charge is 0.256 e. The summed E-state index contributed by atoms with van der Waals surface area (Å²) in [6.45, 7) is 3.98. The van der Waals surface area contributed by atoms with Crippen molar-refractivity contribution in [1.82, 2.24) is 9.88 Å². The molecule has 0 aliphatic carbocycles. The summed E-state index contributed by atoms with van der Waals surface area (Å²) >= 11 is 0. The fraction of sp³-hybridized carbons (Fsp3) is 0.571. The molecule has 1 aliphatic heterocycles. The molecule has 0 spiro atoms.